The van der Waals surface area contributed by atoms with Gasteiger partial charge in [-0.2, -0.15) is 0 Å². The Hall–Kier alpha value is -2.67. The molecule has 0 bridgehead atoms. The normalized spacial score (nSPS) is 10.4. The Morgan fingerprint density at radius 2 is 2.00 bits per heavy atom. The van der Waals surface area contributed by atoms with Crippen molar-refractivity contribution in [2.24, 2.45) is 0 Å². The topological polar surface area (TPSA) is 68.7 Å². The number of rotatable bonds is 10. The lowest BCUT2D eigenvalue weighted by molar-refractivity contribution is -0.151. The van der Waals surface area contributed by atoms with E-state index in [2.05, 4.69) is 11.6 Å². The summed E-state index contributed by atoms with van der Waals surface area (Å²) in [6.07, 6.45) is 0.0210. The second kappa shape index (κ2) is 10.6. The molecule has 28 heavy (non-hydrogen) atoms. The highest BCUT2D eigenvalue weighted by Crippen LogP contribution is 2.32. The number of esters is 1. The predicted octanol–water partition coefficient (Wildman–Crippen LogP) is 3.72. The minimum Gasteiger partial charge on any atom is -0.493 e. The second-order valence-electron chi connectivity index (χ2n) is 6.28. The zero-order chi connectivity index (χ0) is 20.5. The number of para-hydroxylation sites is 1. The van der Waals surface area contributed by atoms with E-state index in [9.17, 15) is 9.59 Å². The van der Waals surface area contributed by atoms with Crippen LogP contribution in [-0.4, -0.2) is 48.1 Å². The number of hydrogen-bond donors (Lipinski definition) is 0. The van der Waals surface area contributed by atoms with Crippen LogP contribution in [0.1, 0.15) is 26.5 Å². The minimum absolute atomic E-state index is 0.0210. The van der Waals surface area contributed by atoms with Crippen molar-refractivity contribution in [1.82, 2.24) is 9.88 Å². The van der Waals surface area contributed by atoms with Crippen LogP contribution in [0, 0.1) is 0 Å². The van der Waals surface area contributed by atoms with Crippen molar-refractivity contribution < 1.29 is 19.1 Å². The molecule has 6 nitrogen and oxygen atoms in total. The van der Waals surface area contributed by atoms with Crippen LogP contribution < -0.4 is 4.74 Å². The Morgan fingerprint density at radius 1 is 1.25 bits per heavy atom. The van der Waals surface area contributed by atoms with E-state index in [1.54, 1.807) is 4.90 Å². The highest BCUT2D eigenvalue weighted by atomic mass is 32.1. The summed E-state index contributed by atoms with van der Waals surface area (Å²) in [4.78, 5) is 30.3. The molecule has 0 unspecified atom stereocenters. The number of carbonyl (C=O) groups excluding carboxylic acids is 2. The van der Waals surface area contributed by atoms with Crippen molar-refractivity contribution in [3.63, 3.8) is 0 Å². The van der Waals surface area contributed by atoms with E-state index in [4.69, 9.17) is 9.47 Å². The van der Waals surface area contributed by atoms with Gasteiger partial charge in [0.1, 0.15) is 10.8 Å². The van der Waals surface area contributed by atoms with Gasteiger partial charge in [-0.05, 0) is 32.9 Å². The van der Waals surface area contributed by atoms with Gasteiger partial charge in [-0.1, -0.05) is 24.3 Å². The monoisotopic (exact) mass is 402 g/mol. The first-order valence-electron chi connectivity index (χ1n) is 9.18. The number of amides is 1. The summed E-state index contributed by atoms with van der Waals surface area (Å²) in [6, 6.07) is 7.66. The molecule has 0 N–H and O–H groups in total. The van der Waals surface area contributed by atoms with Gasteiger partial charge in [-0.3, -0.25) is 9.59 Å². The van der Waals surface area contributed by atoms with Gasteiger partial charge >= 0.3 is 5.97 Å². The van der Waals surface area contributed by atoms with E-state index < -0.39 is 5.97 Å². The van der Waals surface area contributed by atoms with Gasteiger partial charge in [0.2, 0.25) is 0 Å². The van der Waals surface area contributed by atoms with Gasteiger partial charge in [0, 0.05) is 18.5 Å². The third-order valence-electron chi connectivity index (χ3n) is 3.85. The number of thiazole rings is 1. The van der Waals surface area contributed by atoms with Crippen LogP contribution in [-0.2, 0) is 20.7 Å². The first-order chi connectivity index (χ1) is 13.4. The Bertz CT molecular complexity index is 831. The number of likely N-dealkylation sites (N-methyl/N-ethyl adjacent to an activating group) is 1. The minimum atomic E-state index is -0.477. The molecule has 0 spiro atoms. The largest absolute Gasteiger partial charge is 0.493 e. The molecule has 0 saturated carbocycles. The summed E-state index contributed by atoms with van der Waals surface area (Å²) in [5, 5.41) is 2.60. The third kappa shape index (κ3) is 6.20. The molecule has 0 radical (unpaired) electrons. The van der Waals surface area contributed by atoms with Gasteiger partial charge in [0.05, 0.1) is 24.3 Å². The summed E-state index contributed by atoms with van der Waals surface area (Å²) in [5.74, 6) is 0.0503. The molecule has 7 heteroatoms. The Morgan fingerprint density at radius 3 is 2.68 bits per heavy atom. The van der Waals surface area contributed by atoms with Crippen LogP contribution in [0.4, 0.5) is 0 Å². The van der Waals surface area contributed by atoms with Crippen molar-refractivity contribution in [2.75, 3.05) is 26.3 Å². The van der Waals surface area contributed by atoms with E-state index >= 15 is 0 Å². The smallest absolute Gasteiger partial charge is 0.312 e. The maximum absolute atomic E-state index is 12.1. The summed E-state index contributed by atoms with van der Waals surface area (Å²) < 4.78 is 10.8. The van der Waals surface area contributed by atoms with Crippen LogP contribution in [0.3, 0.4) is 0 Å². The zero-order valence-electron chi connectivity index (χ0n) is 16.6. The van der Waals surface area contributed by atoms with Crippen LogP contribution in [0.2, 0.25) is 0 Å². The molecule has 0 fully saturated rings. The lowest BCUT2D eigenvalue weighted by atomic mass is 10.2. The SMILES string of the molecule is C=C(C)CN(CC)C(=O)COC(=O)Cc1csc(-c2ccccc2OCC)n1. The van der Waals surface area contributed by atoms with E-state index in [1.165, 1.54) is 11.3 Å². The van der Waals surface area contributed by atoms with E-state index in [0.717, 1.165) is 21.9 Å². The highest BCUT2D eigenvalue weighted by Gasteiger charge is 2.16. The molecule has 0 atom stereocenters. The lowest BCUT2D eigenvalue weighted by Gasteiger charge is -2.20. The van der Waals surface area contributed by atoms with E-state index in [0.29, 0.717) is 25.4 Å². The van der Waals surface area contributed by atoms with Crippen LogP contribution in [0.15, 0.2) is 41.8 Å². The fourth-order valence-corrected chi connectivity index (χ4v) is 3.42. The molecule has 1 amide bonds. The van der Waals surface area contributed by atoms with E-state index in [1.807, 2.05) is 50.4 Å². The number of nitrogens with zero attached hydrogens (tertiary/aromatic N) is 2. The lowest BCUT2D eigenvalue weighted by Crippen LogP contribution is -2.35. The Balaban J connectivity index is 1.94. The average Bonchev–Trinajstić information content (AvgIpc) is 3.13. The molecular weight excluding hydrogens is 376 g/mol. The molecule has 2 aromatic rings. The summed E-state index contributed by atoms with van der Waals surface area (Å²) in [6.45, 7) is 10.7. The predicted molar refractivity (Wildman–Crippen MR) is 110 cm³/mol. The molecule has 1 aromatic carbocycles. The number of benzene rings is 1. The quantitative estimate of drug-likeness (QED) is 0.448. The summed E-state index contributed by atoms with van der Waals surface area (Å²) in [7, 11) is 0. The number of hydrogen-bond acceptors (Lipinski definition) is 6. The molecule has 0 saturated heterocycles. The first-order valence-corrected chi connectivity index (χ1v) is 10.1. The zero-order valence-corrected chi connectivity index (χ0v) is 17.4. The van der Waals surface area contributed by atoms with Gasteiger partial charge in [-0.25, -0.2) is 4.98 Å². The fraction of sp³-hybridized carbons (Fsp3) is 0.381. The molecule has 1 aromatic heterocycles. The van der Waals surface area contributed by atoms with Crippen molar-refractivity contribution >= 4 is 23.2 Å². The Labute approximate surface area is 169 Å². The molecule has 1 heterocycles. The van der Waals surface area contributed by atoms with Crippen molar-refractivity contribution in [3.05, 3.63) is 47.5 Å². The third-order valence-corrected chi connectivity index (χ3v) is 4.77. The van der Waals surface area contributed by atoms with Gasteiger partial charge in [0.25, 0.3) is 5.91 Å². The van der Waals surface area contributed by atoms with Gasteiger partial charge < -0.3 is 14.4 Å². The van der Waals surface area contributed by atoms with Crippen LogP contribution in [0.25, 0.3) is 10.6 Å². The molecule has 2 rings (SSSR count). The second-order valence-corrected chi connectivity index (χ2v) is 7.13. The highest BCUT2D eigenvalue weighted by molar-refractivity contribution is 7.13. The van der Waals surface area contributed by atoms with Crippen molar-refractivity contribution in [3.8, 4) is 16.3 Å². The van der Waals surface area contributed by atoms with Crippen LogP contribution in [0.5, 0.6) is 5.75 Å². The maximum Gasteiger partial charge on any atom is 0.312 e. The molecule has 0 aliphatic carbocycles. The molecular formula is C21H26N2O4S. The fourth-order valence-electron chi connectivity index (χ4n) is 2.57. The van der Waals surface area contributed by atoms with Gasteiger partial charge in [-0.15, -0.1) is 11.3 Å². The average molecular weight is 403 g/mol. The summed E-state index contributed by atoms with van der Waals surface area (Å²) >= 11 is 1.44. The van der Waals surface area contributed by atoms with Crippen LogP contribution >= 0.6 is 11.3 Å². The number of carbonyl (C=O) groups is 2. The standard InChI is InChI=1S/C21H26N2O4S/c1-5-23(12-15(3)4)19(24)13-27-20(25)11-16-14-28-21(22-16)17-9-7-8-10-18(17)26-6-2/h7-10,14H,3,5-6,11-13H2,1-2,4H3. The summed E-state index contributed by atoms with van der Waals surface area (Å²) in [5.41, 5.74) is 2.38. The first kappa shape index (κ1) is 21.6. The molecule has 150 valence electrons. The van der Waals surface area contributed by atoms with Gasteiger partial charge in [0.15, 0.2) is 6.61 Å². The molecule has 0 aliphatic heterocycles. The Kier molecular flexibility index (Phi) is 8.19. The van der Waals surface area contributed by atoms with Crippen molar-refractivity contribution in [2.45, 2.75) is 27.2 Å². The van der Waals surface area contributed by atoms with Crippen molar-refractivity contribution in [1.29, 1.82) is 0 Å². The molecule has 0 aliphatic rings. The number of aromatic nitrogens is 1. The van der Waals surface area contributed by atoms with E-state index in [-0.39, 0.29) is 18.9 Å². The maximum atomic E-state index is 12.1. The number of ether oxygens (including phenoxy) is 2.